The molecule has 1 aromatic rings. The molecule has 114 valence electrons. The van der Waals surface area contributed by atoms with Crippen molar-refractivity contribution in [2.75, 3.05) is 19.7 Å². The van der Waals surface area contributed by atoms with E-state index in [1.807, 2.05) is 37.3 Å². The number of amides is 1. The zero-order valence-corrected chi connectivity index (χ0v) is 12.7. The van der Waals surface area contributed by atoms with Crippen LogP contribution in [0.1, 0.15) is 31.7 Å². The van der Waals surface area contributed by atoms with Crippen molar-refractivity contribution in [2.45, 2.75) is 26.2 Å². The quantitative estimate of drug-likeness (QED) is 0.546. The van der Waals surface area contributed by atoms with Gasteiger partial charge in [-0.25, -0.2) is 0 Å². The summed E-state index contributed by atoms with van der Waals surface area (Å²) in [6.45, 7) is 7.96. The van der Waals surface area contributed by atoms with E-state index in [0.29, 0.717) is 19.6 Å². The second-order valence-electron chi connectivity index (χ2n) is 4.68. The van der Waals surface area contributed by atoms with E-state index in [0.717, 1.165) is 5.56 Å². The fourth-order valence-corrected chi connectivity index (χ4v) is 2.21. The largest absolute Gasteiger partial charge is 0.465 e. The molecule has 0 aliphatic heterocycles. The maximum Gasteiger partial charge on any atom is 0.325 e. The molecule has 0 aromatic heterocycles. The molecule has 0 N–H and O–H groups in total. The molecule has 1 aromatic carbocycles. The Bertz CT molecular complexity index is 470. The number of ether oxygens (including phenoxy) is 1. The lowest BCUT2D eigenvalue weighted by Gasteiger charge is -2.25. The van der Waals surface area contributed by atoms with Crippen molar-refractivity contribution >= 4 is 11.9 Å². The summed E-state index contributed by atoms with van der Waals surface area (Å²) in [6.07, 6.45) is 2.30. The summed E-state index contributed by atoms with van der Waals surface area (Å²) in [5, 5.41) is 0. The van der Waals surface area contributed by atoms with Crippen LogP contribution in [0.15, 0.2) is 43.0 Å². The van der Waals surface area contributed by atoms with Crippen LogP contribution in [0.5, 0.6) is 0 Å². The van der Waals surface area contributed by atoms with Gasteiger partial charge in [-0.1, -0.05) is 43.3 Å². The zero-order chi connectivity index (χ0) is 15.7. The smallest absolute Gasteiger partial charge is 0.325 e. The summed E-state index contributed by atoms with van der Waals surface area (Å²) in [5.74, 6) is -0.715. The summed E-state index contributed by atoms with van der Waals surface area (Å²) in [4.78, 5) is 25.8. The molecule has 0 saturated carbocycles. The van der Waals surface area contributed by atoms with Gasteiger partial charge in [0, 0.05) is 6.54 Å². The minimum absolute atomic E-state index is 0.0397. The van der Waals surface area contributed by atoms with Gasteiger partial charge in [0.15, 0.2) is 0 Å². The van der Waals surface area contributed by atoms with Crippen molar-refractivity contribution in [3.63, 3.8) is 0 Å². The molecule has 1 amide bonds. The molecular formula is C17H23NO3. The molecule has 1 atom stereocenters. The molecule has 1 rings (SSSR count). The normalized spacial score (nSPS) is 11.5. The second-order valence-corrected chi connectivity index (χ2v) is 4.68. The van der Waals surface area contributed by atoms with E-state index in [2.05, 4.69) is 6.58 Å². The van der Waals surface area contributed by atoms with Crippen LogP contribution < -0.4 is 0 Å². The van der Waals surface area contributed by atoms with E-state index in [9.17, 15) is 9.59 Å². The summed E-state index contributed by atoms with van der Waals surface area (Å²) in [6, 6.07) is 9.61. The first-order valence-electron chi connectivity index (χ1n) is 7.24. The van der Waals surface area contributed by atoms with Crippen LogP contribution in [0.25, 0.3) is 0 Å². The number of carbonyl (C=O) groups is 2. The molecule has 0 spiro atoms. The monoisotopic (exact) mass is 289 g/mol. The first-order valence-corrected chi connectivity index (χ1v) is 7.24. The Kier molecular flexibility index (Phi) is 7.23. The fraction of sp³-hybridized carbons (Fsp3) is 0.412. The second kappa shape index (κ2) is 8.95. The number of carbonyl (C=O) groups excluding carboxylic acids is 2. The van der Waals surface area contributed by atoms with Crippen LogP contribution >= 0.6 is 0 Å². The van der Waals surface area contributed by atoms with Gasteiger partial charge in [-0.05, 0) is 18.9 Å². The predicted octanol–water partition coefficient (Wildman–Crippen LogP) is 2.76. The number of benzene rings is 1. The summed E-state index contributed by atoms with van der Waals surface area (Å²) < 4.78 is 4.92. The molecule has 4 heteroatoms. The summed E-state index contributed by atoms with van der Waals surface area (Å²) in [7, 11) is 0. The number of hydrogen-bond acceptors (Lipinski definition) is 3. The molecule has 1 unspecified atom stereocenters. The third kappa shape index (κ3) is 5.06. The lowest BCUT2D eigenvalue weighted by Crippen LogP contribution is -2.39. The van der Waals surface area contributed by atoms with Crippen LogP contribution in [0.2, 0.25) is 0 Å². The van der Waals surface area contributed by atoms with Gasteiger partial charge in [-0.3, -0.25) is 9.59 Å². The average molecular weight is 289 g/mol. The van der Waals surface area contributed by atoms with Gasteiger partial charge in [0.2, 0.25) is 5.91 Å². The van der Waals surface area contributed by atoms with Crippen LogP contribution in [0, 0.1) is 0 Å². The highest BCUT2D eigenvalue weighted by molar-refractivity contribution is 5.87. The third-order valence-corrected chi connectivity index (χ3v) is 3.19. The fourth-order valence-electron chi connectivity index (χ4n) is 2.21. The van der Waals surface area contributed by atoms with Crippen molar-refractivity contribution in [3.8, 4) is 0 Å². The highest BCUT2D eigenvalue weighted by Crippen LogP contribution is 2.22. The van der Waals surface area contributed by atoms with Crippen LogP contribution in [0.4, 0.5) is 0 Å². The first kappa shape index (κ1) is 17.0. The standard InChI is InChI=1S/C17H23NO3/c1-4-12-18(13-16(19)21-6-3)17(20)15(5-2)14-10-8-7-9-11-14/h4,7-11,15H,1,5-6,12-13H2,2-3H3. The van der Waals surface area contributed by atoms with Gasteiger partial charge < -0.3 is 9.64 Å². The minimum atomic E-state index is -0.393. The summed E-state index contributed by atoms with van der Waals surface area (Å²) in [5.41, 5.74) is 0.961. The molecular weight excluding hydrogens is 266 g/mol. The Hall–Kier alpha value is -2.10. The molecule has 0 aliphatic rings. The molecule has 0 heterocycles. The van der Waals surface area contributed by atoms with Crippen molar-refractivity contribution < 1.29 is 14.3 Å². The Morgan fingerprint density at radius 1 is 1.29 bits per heavy atom. The molecule has 4 nitrogen and oxygen atoms in total. The van der Waals surface area contributed by atoms with Crippen molar-refractivity contribution in [2.24, 2.45) is 0 Å². The number of esters is 1. The Balaban J connectivity index is 2.87. The molecule has 0 fully saturated rings. The van der Waals surface area contributed by atoms with E-state index in [4.69, 9.17) is 4.74 Å². The molecule has 0 aliphatic carbocycles. The topological polar surface area (TPSA) is 46.6 Å². The summed E-state index contributed by atoms with van der Waals surface area (Å²) >= 11 is 0. The van der Waals surface area contributed by atoms with E-state index in [-0.39, 0.29) is 18.4 Å². The van der Waals surface area contributed by atoms with Gasteiger partial charge in [-0.2, -0.15) is 0 Å². The van der Waals surface area contributed by atoms with Crippen molar-refractivity contribution in [3.05, 3.63) is 48.6 Å². The zero-order valence-electron chi connectivity index (χ0n) is 12.7. The third-order valence-electron chi connectivity index (χ3n) is 3.19. The Morgan fingerprint density at radius 3 is 2.48 bits per heavy atom. The van der Waals surface area contributed by atoms with Crippen molar-refractivity contribution in [1.29, 1.82) is 0 Å². The van der Waals surface area contributed by atoms with Gasteiger partial charge >= 0.3 is 5.97 Å². The highest BCUT2D eigenvalue weighted by Gasteiger charge is 2.25. The van der Waals surface area contributed by atoms with Crippen LogP contribution in [-0.2, 0) is 14.3 Å². The minimum Gasteiger partial charge on any atom is -0.465 e. The van der Waals surface area contributed by atoms with E-state index in [1.54, 1.807) is 13.0 Å². The maximum absolute atomic E-state index is 12.7. The lowest BCUT2D eigenvalue weighted by atomic mass is 9.95. The van der Waals surface area contributed by atoms with Gasteiger partial charge in [-0.15, -0.1) is 6.58 Å². The van der Waals surface area contributed by atoms with E-state index < -0.39 is 5.97 Å². The van der Waals surface area contributed by atoms with Gasteiger partial charge in [0.1, 0.15) is 6.54 Å². The van der Waals surface area contributed by atoms with Crippen LogP contribution in [0.3, 0.4) is 0 Å². The molecule has 0 saturated heterocycles. The van der Waals surface area contributed by atoms with Gasteiger partial charge in [0.25, 0.3) is 0 Å². The van der Waals surface area contributed by atoms with E-state index in [1.165, 1.54) is 4.90 Å². The van der Waals surface area contributed by atoms with E-state index >= 15 is 0 Å². The molecule has 21 heavy (non-hydrogen) atoms. The highest BCUT2D eigenvalue weighted by atomic mass is 16.5. The molecule has 0 radical (unpaired) electrons. The Morgan fingerprint density at radius 2 is 1.95 bits per heavy atom. The SMILES string of the molecule is C=CCN(CC(=O)OCC)C(=O)C(CC)c1ccccc1. The maximum atomic E-state index is 12.7. The average Bonchev–Trinajstić information content (AvgIpc) is 2.49. The first-order chi connectivity index (χ1) is 10.1. The number of nitrogens with zero attached hydrogens (tertiary/aromatic N) is 1. The number of rotatable bonds is 8. The number of hydrogen-bond donors (Lipinski definition) is 0. The predicted molar refractivity (Wildman–Crippen MR) is 82.9 cm³/mol. The van der Waals surface area contributed by atoms with Crippen molar-refractivity contribution in [1.82, 2.24) is 4.90 Å². The van der Waals surface area contributed by atoms with Crippen LogP contribution in [-0.4, -0.2) is 36.5 Å². The Labute approximate surface area is 126 Å². The molecule has 0 bridgehead atoms. The van der Waals surface area contributed by atoms with Gasteiger partial charge in [0.05, 0.1) is 12.5 Å². The lowest BCUT2D eigenvalue weighted by molar-refractivity contribution is -0.149.